The summed E-state index contributed by atoms with van der Waals surface area (Å²) in [5.74, 6) is 0.523. The molecule has 7 nitrogen and oxygen atoms in total. The molecule has 0 aliphatic carbocycles. The smallest absolute Gasteiger partial charge is 0.261 e. The zero-order chi connectivity index (χ0) is 17.2. The van der Waals surface area contributed by atoms with Crippen molar-refractivity contribution in [3.05, 3.63) is 59.4 Å². The number of benzene rings is 2. The summed E-state index contributed by atoms with van der Waals surface area (Å²) in [6.07, 6.45) is -0.259. The van der Waals surface area contributed by atoms with Crippen LogP contribution < -0.4 is 10.1 Å². The quantitative estimate of drug-likeness (QED) is 0.753. The number of nitrogens with zero attached hydrogens (tertiary/aromatic N) is 3. The largest absolute Gasteiger partial charge is 0.480 e. The molecule has 0 radical (unpaired) electrons. The number of fused-ring (bicyclic) bond motifs is 1. The summed E-state index contributed by atoms with van der Waals surface area (Å²) in [6.45, 7) is 0.371. The molecule has 1 aliphatic rings. The first-order valence-electron chi connectivity index (χ1n) is 7.74. The Kier molecular flexibility index (Phi) is 3.85. The van der Waals surface area contributed by atoms with Gasteiger partial charge in [-0.15, -0.1) is 10.2 Å². The normalized spacial score (nSPS) is 15.5. The van der Waals surface area contributed by atoms with Gasteiger partial charge in [0.2, 0.25) is 5.82 Å². The number of hydrogen-bond acceptors (Lipinski definition) is 5. The number of hydrogen-bond donors (Lipinski definition) is 2. The van der Waals surface area contributed by atoms with Crippen LogP contribution in [0.1, 0.15) is 11.1 Å². The van der Waals surface area contributed by atoms with E-state index in [1.165, 1.54) is 12.1 Å². The standard InChI is InChI=1S/C17H14FN5O2/c18-13-5-6-14-12(7-13)8-15(25-14)17(24)19-9-10-1-3-11(4-2-10)16-20-22-23-21-16/h1-7,15H,8-9H2,(H,19,24)(H,20,21,22,23)/t15-/m0/s1. The highest BCUT2D eigenvalue weighted by molar-refractivity contribution is 5.82. The molecule has 1 aromatic heterocycles. The molecule has 0 saturated carbocycles. The molecule has 8 heteroatoms. The Labute approximate surface area is 142 Å². The molecule has 1 atom stereocenters. The van der Waals surface area contributed by atoms with Crippen LogP contribution in [0.2, 0.25) is 0 Å². The van der Waals surface area contributed by atoms with Crippen molar-refractivity contribution in [2.75, 3.05) is 0 Å². The number of rotatable bonds is 4. The van der Waals surface area contributed by atoms with Gasteiger partial charge < -0.3 is 10.1 Å². The minimum Gasteiger partial charge on any atom is -0.480 e. The lowest BCUT2D eigenvalue weighted by molar-refractivity contribution is -0.127. The van der Waals surface area contributed by atoms with Crippen LogP contribution in [0.25, 0.3) is 11.4 Å². The molecule has 126 valence electrons. The topological polar surface area (TPSA) is 92.8 Å². The Morgan fingerprint density at radius 2 is 2.12 bits per heavy atom. The zero-order valence-corrected chi connectivity index (χ0v) is 13.1. The van der Waals surface area contributed by atoms with Crippen molar-refractivity contribution in [1.82, 2.24) is 25.9 Å². The Hall–Kier alpha value is -3.29. The van der Waals surface area contributed by atoms with E-state index in [0.717, 1.165) is 11.1 Å². The predicted molar refractivity (Wildman–Crippen MR) is 86.0 cm³/mol. The number of carbonyl (C=O) groups is 1. The van der Waals surface area contributed by atoms with E-state index in [1.807, 2.05) is 24.3 Å². The van der Waals surface area contributed by atoms with E-state index in [2.05, 4.69) is 25.9 Å². The molecule has 0 saturated heterocycles. The molecule has 25 heavy (non-hydrogen) atoms. The monoisotopic (exact) mass is 339 g/mol. The first kappa shape index (κ1) is 15.3. The fraction of sp³-hybridized carbons (Fsp3) is 0.176. The van der Waals surface area contributed by atoms with E-state index in [-0.39, 0.29) is 11.7 Å². The van der Waals surface area contributed by atoms with E-state index in [4.69, 9.17) is 4.74 Å². The molecular weight excluding hydrogens is 325 g/mol. The summed E-state index contributed by atoms with van der Waals surface area (Å²) in [7, 11) is 0. The van der Waals surface area contributed by atoms with Gasteiger partial charge >= 0.3 is 0 Å². The maximum atomic E-state index is 13.2. The number of carbonyl (C=O) groups excluding carboxylic acids is 1. The molecule has 2 aromatic carbocycles. The molecule has 2 heterocycles. The van der Waals surface area contributed by atoms with Crippen LogP contribution in [-0.2, 0) is 17.8 Å². The number of H-pyrrole nitrogens is 1. The summed E-state index contributed by atoms with van der Waals surface area (Å²) in [5.41, 5.74) is 2.48. The second kappa shape index (κ2) is 6.31. The van der Waals surface area contributed by atoms with Crippen LogP contribution in [0.15, 0.2) is 42.5 Å². The van der Waals surface area contributed by atoms with E-state index in [1.54, 1.807) is 6.07 Å². The Morgan fingerprint density at radius 3 is 2.88 bits per heavy atom. The molecule has 0 unspecified atom stereocenters. The van der Waals surface area contributed by atoms with Crippen molar-refractivity contribution in [3.8, 4) is 17.1 Å². The maximum Gasteiger partial charge on any atom is 0.261 e. The molecule has 2 N–H and O–H groups in total. The molecular formula is C17H14FN5O2. The van der Waals surface area contributed by atoms with E-state index < -0.39 is 6.10 Å². The highest BCUT2D eigenvalue weighted by atomic mass is 19.1. The fourth-order valence-electron chi connectivity index (χ4n) is 2.72. The number of aromatic nitrogens is 4. The highest BCUT2D eigenvalue weighted by Gasteiger charge is 2.29. The van der Waals surface area contributed by atoms with Gasteiger partial charge in [0.05, 0.1) is 0 Å². The Morgan fingerprint density at radius 1 is 1.28 bits per heavy atom. The average molecular weight is 339 g/mol. The van der Waals surface area contributed by atoms with Crippen molar-refractivity contribution in [1.29, 1.82) is 0 Å². The van der Waals surface area contributed by atoms with Crippen molar-refractivity contribution >= 4 is 5.91 Å². The maximum absolute atomic E-state index is 13.2. The minimum absolute atomic E-state index is 0.223. The van der Waals surface area contributed by atoms with Crippen molar-refractivity contribution in [3.63, 3.8) is 0 Å². The third-order valence-electron chi connectivity index (χ3n) is 4.01. The Bertz CT molecular complexity index is 896. The van der Waals surface area contributed by atoms with Gasteiger partial charge in [0.1, 0.15) is 11.6 Å². The number of halogens is 1. The van der Waals surface area contributed by atoms with Gasteiger partial charge in [-0.05, 0) is 29.0 Å². The number of amides is 1. The van der Waals surface area contributed by atoms with E-state index >= 15 is 0 Å². The number of aromatic amines is 1. The summed E-state index contributed by atoms with van der Waals surface area (Å²) < 4.78 is 18.8. The lowest BCUT2D eigenvalue weighted by Crippen LogP contribution is -2.36. The molecule has 4 rings (SSSR count). The number of nitrogens with one attached hydrogen (secondary N) is 2. The molecule has 0 fully saturated rings. The number of ether oxygens (including phenoxy) is 1. The first-order valence-corrected chi connectivity index (χ1v) is 7.74. The van der Waals surface area contributed by atoms with Gasteiger partial charge in [-0.2, -0.15) is 5.21 Å². The van der Waals surface area contributed by atoms with E-state index in [0.29, 0.717) is 30.1 Å². The summed E-state index contributed by atoms with van der Waals surface area (Å²) in [6, 6.07) is 11.8. The molecule has 1 aliphatic heterocycles. The molecule has 0 spiro atoms. The van der Waals surface area contributed by atoms with Gasteiger partial charge in [-0.25, -0.2) is 4.39 Å². The van der Waals surface area contributed by atoms with Gasteiger partial charge in [0, 0.05) is 24.1 Å². The second-order valence-corrected chi connectivity index (χ2v) is 5.71. The molecule has 1 amide bonds. The summed E-state index contributed by atoms with van der Waals surface area (Å²) in [5, 5.41) is 16.6. The SMILES string of the molecule is O=C(NCc1ccc(-c2nn[nH]n2)cc1)[C@@H]1Cc2cc(F)ccc2O1. The van der Waals surface area contributed by atoms with Crippen molar-refractivity contribution in [2.45, 2.75) is 19.1 Å². The van der Waals surface area contributed by atoms with Crippen LogP contribution in [0, 0.1) is 5.82 Å². The average Bonchev–Trinajstić information content (AvgIpc) is 3.29. The first-order chi connectivity index (χ1) is 12.2. The third kappa shape index (κ3) is 3.18. The van der Waals surface area contributed by atoms with E-state index in [9.17, 15) is 9.18 Å². The number of tetrazole rings is 1. The lowest BCUT2D eigenvalue weighted by atomic mass is 10.1. The lowest BCUT2D eigenvalue weighted by Gasteiger charge is -2.11. The zero-order valence-electron chi connectivity index (χ0n) is 13.1. The minimum atomic E-state index is -0.629. The fourth-order valence-corrected chi connectivity index (χ4v) is 2.72. The van der Waals surface area contributed by atoms with Gasteiger partial charge in [0.25, 0.3) is 5.91 Å². The highest BCUT2D eigenvalue weighted by Crippen LogP contribution is 2.29. The predicted octanol–water partition coefficient (Wildman–Crippen LogP) is 1.63. The molecule has 0 bridgehead atoms. The summed E-state index contributed by atoms with van der Waals surface area (Å²) in [4.78, 5) is 12.3. The van der Waals surface area contributed by atoms with Gasteiger partial charge in [0.15, 0.2) is 6.10 Å². The van der Waals surface area contributed by atoms with Crippen LogP contribution in [0.5, 0.6) is 5.75 Å². The Balaban J connectivity index is 1.35. The molecule has 3 aromatic rings. The van der Waals surface area contributed by atoms with Gasteiger partial charge in [-0.1, -0.05) is 24.3 Å². The third-order valence-corrected chi connectivity index (χ3v) is 4.01. The van der Waals surface area contributed by atoms with Crippen LogP contribution >= 0.6 is 0 Å². The van der Waals surface area contributed by atoms with Crippen LogP contribution in [0.4, 0.5) is 4.39 Å². The van der Waals surface area contributed by atoms with Crippen molar-refractivity contribution in [2.24, 2.45) is 0 Å². The van der Waals surface area contributed by atoms with Crippen molar-refractivity contribution < 1.29 is 13.9 Å². The van der Waals surface area contributed by atoms with Crippen LogP contribution in [0.3, 0.4) is 0 Å². The summed E-state index contributed by atoms with van der Waals surface area (Å²) >= 11 is 0. The van der Waals surface area contributed by atoms with Crippen LogP contribution in [-0.4, -0.2) is 32.6 Å². The van der Waals surface area contributed by atoms with Gasteiger partial charge in [-0.3, -0.25) is 4.79 Å². The second-order valence-electron chi connectivity index (χ2n) is 5.71.